The fourth-order valence-corrected chi connectivity index (χ4v) is 5.32. The van der Waals surface area contributed by atoms with E-state index in [1.807, 2.05) is 6.07 Å². The van der Waals surface area contributed by atoms with Gasteiger partial charge in [-0.25, -0.2) is 0 Å². The van der Waals surface area contributed by atoms with E-state index in [4.69, 9.17) is 0 Å². The molecule has 3 aliphatic rings. The number of piperidine rings is 1. The number of hydrogen-bond donors (Lipinski definition) is 1. The summed E-state index contributed by atoms with van der Waals surface area (Å²) in [6.07, 6.45) is 8.44. The Bertz CT molecular complexity index is 673. The Hall–Kier alpha value is -1.84. The lowest BCUT2D eigenvalue weighted by molar-refractivity contribution is -0.135. The number of carbonyl (C=O) groups excluding carboxylic acids is 2. The standard InChI is InChI=1S/C22H30N2O2/c1-17(25)23-19-8-5-9-21(19)12-14-24(15-13-21)20(26)16-22(10-11-22)18-6-3-2-4-7-18/h2-4,6-7,19H,5,8-16H2,1H3,(H,23,25). The van der Waals surface area contributed by atoms with Gasteiger partial charge in [-0.1, -0.05) is 36.8 Å². The lowest BCUT2D eigenvalue weighted by Crippen LogP contribution is -2.51. The molecule has 1 aromatic carbocycles. The molecule has 2 saturated carbocycles. The van der Waals surface area contributed by atoms with Crippen molar-refractivity contribution in [3.8, 4) is 0 Å². The van der Waals surface area contributed by atoms with Crippen LogP contribution in [0.15, 0.2) is 30.3 Å². The zero-order valence-electron chi connectivity index (χ0n) is 15.8. The normalized spacial score (nSPS) is 25.9. The van der Waals surface area contributed by atoms with E-state index in [-0.39, 0.29) is 16.7 Å². The third-order valence-electron chi connectivity index (χ3n) is 7.13. The van der Waals surface area contributed by atoms with Crippen LogP contribution in [0.1, 0.15) is 63.9 Å². The second kappa shape index (κ2) is 6.71. The highest BCUT2D eigenvalue weighted by Crippen LogP contribution is 2.52. The average molecular weight is 354 g/mol. The van der Waals surface area contributed by atoms with Crippen LogP contribution < -0.4 is 5.32 Å². The van der Waals surface area contributed by atoms with E-state index in [1.54, 1.807) is 6.92 Å². The van der Waals surface area contributed by atoms with Crippen molar-refractivity contribution in [3.05, 3.63) is 35.9 Å². The van der Waals surface area contributed by atoms with E-state index in [9.17, 15) is 9.59 Å². The molecule has 1 aromatic rings. The summed E-state index contributed by atoms with van der Waals surface area (Å²) in [6.45, 7) is 3.31. The molecule has 2 amide bonds. The molecule has 0 aromatic heterocycles. The lowest BCUT2D eigenvalue weighted by Gasteiger charge is -2.43. The molecule has 3 fully saturated rings. The number of amides is 2. The minimum absolute atomic E-state index is 0.0771. The number of likely N-dealkylation sites (tertiary alicyclic amines) is 1. The fourth-order valence-electron chi connectivity index (χ4n) is 5.32. The summed E-state index contributed by atoms with van der Waals surface area (Å²) in [4.78, 5) is 26.5. The second-order valence-corrected chi connectivity index (χ2v) is 8.71. The molecule has 4 rings (SSSR count). The minimum Gasteiger partial charge on any atom is -0.353 e. The quantitative estimate of drug-likeness (QED) is 0.901. The first-order chi connectivity index (χ1) is 12.5. The van der Waals surface area contributed by atoms with Crippen molar-refractivity contribution in [2.45, 2.75) is 69.7 Å². The van der Waals surface area contributed by atoms with Crippen molar-refractivity contribution in [2.75, 3.05) is 13.1 Å². The van der Waals surface area contributed by atoms with Crippen LogP contribution in [-0.2, 0) is 15.0 Å². The molecule has 0 bridgehead atoms. The predicted octanol–water partition coefficient (Wildman–Crippen LogP) is 3.41. The van der Waals surface area contributed by atoms with E-state index in [0.717, 1.165) is 45.2 Å². The van der Waals surface area contributed by atoms with Gasteiger partial charge in [0.1, 0.15) is 0 Å². The van der Waals surface area contributed by atoms with Crippen molar-refractivity contribution < 1.29 is 9.59 Å². The summed E-state index contributed by atoms with van der Waals surface area (Å²) >= 11 is 0. The zero-order valence-corrected chi connectivity index (χ0v) is 15.8. The van der Waals surface area contributed by atoms with Crippen molar-refractivity contribution in [2.24, 2.45) is 5.41 Å². The maximum Gasteiger partial charge on any atom is 0.223 e. The monoisotopic (exact) mass is 354 g/mol. The van der Waals surface area contributed by atoms with Crippen LogP contribution in [0.5, 0.6) is 0 Å². The topological polar surface area (TPSA) is 49.4 Å². The minimum atomic E-state index is 0.0771. The lowest BCUT2D eigenvalue weighted by atomic mass is 9.74. The van der Waals surface area contributed by atoms with Crippen molar-refractivity contribution in [1.82, 2.24) is 10.2 Å². The molecule has 1 saturated heterocycles. The number of rotatable bonds is 4. The van der Waals surface area contributed by atoms with Crippen LogP contribution in [0.4, 0.5) is 0 Å². The van der Waals surface area contributed by atoms with Crippen LogP contribution >= 0.6 is 0 Å². The van der Waals surface area contributed by atoms with Gasteiger partial charge in [0.2, 0.25) is 11.8 Å². The molecule has 1 unspecified atom stereocenters. The molecule has 1 spiro atoms. The molecule has 0 radical (unpaired) electrons. The maximum atomic E-state index is 12.9. The molecule has 2 aliphatic carbocycles. The third kappa shape index (κ3) is 3.26. The van der Waals surface area contributed by atoms with Crippen molar-refractivity contribution in [1.29, 1.82) is 0 Å². The summed E-state index contributed by atoms with van der Waals surface area (Å²) in [5.41, 5.74) is 1.64. The van der Waals surface area contributed by atoms with Gasteiger partial charge in [0.15, 0.2) is 0 Å². The Morgan fingerprint density at radius 2 is 1.77 bits per heavy atom. The number of hydrogen-bond acceptors (Lipinski definition) is 2. The highest BCUT2D eigenvalue weighted by atomic mass is 16.2. The highest BCUT2D eigenvalue weighted by molar-refractivity contribution is 5.78. The third-order valence-corrected chi connectivity index (χ3v) is 7.13. The van der Waals surface area contributed by atoms with Gasteiger partial charge in [-0.2, -0.15) is 0 Å². The number of nitrogens with zero attached hydrogens (tertiary/aromatic N) is 1. The van der Waals surface area contributed by atoms with E-state index >= 15 is 0 Å². The molecule has 4 nitrogen and oxygen atoms in total. The Morgan fingerprint density at radius 3 is 2.38 bits per heavy atom. The first kappa shape index (κ1) is 17.6. The Kier molecular flexibility index (Phi) is 4.54. The molecule has 4 heteroatoms. The summed E-state index contributed by atoms with van der Waals surface area (Å²) in [5, 5.41) is 3.17. The number of carbonyl (C=O) groups is 2. The van der Waals surface area contributed by atoms with Crippen molar-refractivity contribution >= 4 is 11.8 Å². The smallest absolute Gasteiger partial charge is 0.223 e. The summed E-state index contributed by atoms with van der Waals surface area (Å²) in [7, 11) is 0. The van der Waals surface area contributed by atoms with Gasteiger partial charge in [-0.3, -0.25) is 9.59 Å². The molecule has 1 N–H and O–H groups in total. The van der Waals surface area contributed by atoms with Crippen LogP contribution in [-0.4, -0.2) is 35.8 Å². The molecule has 140 valence electrons. The van der Waals surface area contributed by atoms with E-state index in [0.29, 0.717) is 18.4 Å². The molecule has 1 heterocycles. The maximum absolute atomic E-state index is 12.9. The SMILES string of the molecule is CC(=O)NC1CCCC12CCN(C(=O)CC1(c3ccccc3)CC1)CC2. The summed E-state index contributed by atoms with van der Waals surface area (Å²) in [5.74, 6) is 0.392. The van der Waals surface area contributed by atoms with Gasteiger partial charge in [0, 0.05) is 37.9 Å². The van der Waals surface area contributed by atoms with E-state index in [2.05, 4.69) is 34.5 Å². The van der Waals surface area contributed by atoms with Crippen LogP contribution in [0.2, 0.25) is 0 Å². The molecule has 1 aliphatic heterocycles. The predicted molar refractivity (Wildman–Crippen MR) is 102 cm³/mol. The Labute approximate surface area is 156 Å². The van der Waals surface area contributed by atoms with Gasteiger partial charge in [-0.05, 0) is 49.5 Å². The largest absolute Gasteiger partial charge is 0.353 e. The second-order valence-electron chi connectivity index (χ2n) is 8.71. The molecular formula is C22H30N2O2. The van der Waals surface area contributed by atoms with E-state index in [1.165, 1.54) is 18.4 Å². The molecule has 1 atom stereocenters. The van der Waals surface area contributed by atoms with Gasteiger partial charge in [-0.15, -0.1) is 0 Å². The van der Waals surface area contributed by atoms with Crippen molar-refractivity contribution in [3.63, 3.8) is 0 Å². The van der Waals surface area contributed by atoms with Crippen LogP contribution in [0, 0.1) is 5.41 Å². The van der Waals surface area contributed by atoms with Crippen LogP contribution in [0.3, 0.4) is 0 Å². The van der Waals surface area contributed by atoms with Gasteiger partial charge >= 0.3 is 0 Å². The Balaban J connectivity index is 1.36. The molecular weight excluding hydrogens is 324 g/mol. The van der Waals surface area contributed by atoms with Gasteiger partial charge in [0.05, 0.1) is 0 Å². The average Bonchev–Trinajstić information content (AvgIpc) is 3.33. The highest BCUT2D eigenvalue weighted by Gasteiger charge is 2.49. The first-order valence-corrected chi connectivity index (χ1v) is 10.1. The van der Waals surface area contributed by atoms with Gasteiger partial charge in [0.25, 0.3) is 0 Å². The molecule has 26 heavy (non-hydrogen) atoms. The van der Waals surface area contributed by atoms with Crippen LogP contribution in [0.25, 0.3) is 0 Å². The summed E-state index contributed by atoms with van der Waals surface area (Å²) in [6, 6.07) is 10.8. The first-order valence-electron chi connectivity index (χ1n) is 10.1. The van der Waals surface area contributed by atoms with Gasteiger partial charge < -0.3 is 10.2 Å². The summed E-state index contributed by atoms with van der Waals surface area (Å²) < 4.78 is 0. The zero-order chi connectivity index (χ0) is 18.2. The van der Waals surface area contributed by atoms with E-state index < -0.39 is 0 Å². The number of benzene rings is 1. The fraction of sp³-hybridized carbons (Fsp3) is 0.636. The number of nitrogens with one attached hydrogen (secondary N) is 1. The Morgan fingerprint density at radius 1 is 1.08 bits per heavy atom.